The number of aliphatic hydroxyl groups excluding tert-OH is 1. The van der Waals surface area contributed by atoms with Crippen LogP contribution in [0.15, 0.2) is 4.42 Å². The van der Waals surface area contributed by atoms with Gasteiger partial charge in [0.05, 0.1) is 12.2 Å². The van der Waals surface area contributed by atoms with Crippen molar-refractivity contribution in [1.29, 1.82) is 0 Å². The molecule has 6 heteroatoms. The van der Waals surface area contributed by atoms with Gasteiger partial charge in [0.2, 0.25) is 5.89 Å². The van der Waals surface area contributed by atoms with Gasteiger partial charge in [0.25, 0.3) is 6.43 Å². The lowest BCUT2D eigenvalue weighted by atomic mass is 10.3. The number of alkyl halides is 2. The fourth-order valence-corrected chi connectivity index (χ4v) is 1.03. The van der Waals surface area contributed by atoms with Gasteiger partial charge < -0.3 is 14.8 Å². The van der Waals surface area contributed by atoms with Crippen LogP contribution in [-0.2, 0) is 6.54 Å². The number of aliphatic hydroxyl groups is 1. The van der Waals surface area contributed by atoms with Crippen molar-refractivity contribution in [3.8, 4) is 0 Å². The molecule has 0 fully saturated rings. The van der Waals surface area contributed by atoms with E-state index >= 15 is 0 Å². The molecule has 0 amide bonds. The van der Waals surface area contributed by atoms with Crippen LogP contribution in [0.1, 0.15) is 17.3 Å². The number of hydrogen-bond donors (Lipinski definition) is 2. The highest BCUT2D eigenvalue weighted by Gasteiger charge is 2.16. The molecule has 86 valence electrons. The molecule has 0 spiro atoms. The minimum absolute atomic E-state index is 0.182. The van der Waals surface area contributed by atoms with Crippen LogP contribution in [0.4, 0.5) is 8.78 Å². The molecule has 1 heterocycles. The second kappa shape index (κ2) is 5.18. The Morgan fingerprint density at radius 2 is 2.13 bits per heavy atom. The zero-order chi connectivity index (χ0) is 11.4. The van der Waals surface area contributed by atoms with E-state index in [0.29, 0.717) is 11.7 Å². The quantitative estimate of drug-likeness (QED) is 0.777. The predicted octanol–water partition coefficient (Wildman–Crippen LogP) is 1.01. The number of nitrogens with one attached hydrogen (secondary N) is 1. The van der Waals surface area contributed by atoms with Gasteiger partial charge >= 0.3 is 0 Å². The van der Waals surface area contributed by atoms with Crippen LogP contribution in [0.2, 0.25) is 0 Å². The van der Waals surface area contributed by atoms with Crippen molar-refractivity contribution in [1.82, 2.24) is 10.3 Å². The summed E-state index contributed by atoms with van der Waals surface area (Å²) in [4.78, 5) is 4.05. The Balaban J connectivity index is 2.32. The largest absolute Gasteiger partial charge is 0.444 e. The Labute approximate surface area is 86.3 Å². The first-order valence-corrected chi connectivity index (χ1v) is 4.60. The standard InChI is InChI=1S/C9H14F2N2O2/c1-5-6(2)15-8(13-5)4-12-3-7(14)9(10)11/h7,9,12,14H,3-4H2,1-2H3. The monoisotopic (exact) mass is 220 g/mol. The van der Waals surface area contributed by atoms with Gasteiger partial charge in [-0.05, 0) is 13.8 Å². The first-order chi connectivity index (χ1) is 7.00. The number of oxazole rings is 1. The van der Waals surface area contributed by atoms with Gasteiger partial charge in [0.15, 0.2) is 0 Å². The lowest BCUT2D eigenvalue weighted by molar-refractivity contribution is -0.00365. The Bertz CT molecular complexity index is 296. The summed E-state index contributed by atoms with van der Waals surface area (Å²) in [7, 11) is 0. The normalized spacial score (nSPS) is 13.5. The summed E-state index contributed by atoms with van der Waals surface area (Å²) in [5, 5.41) is 11.4. The summed E-state index contributed by atoms with van der Waals surface area (Å²) in [6, 6.07) is 0. The van der Waals surface area contributed by atoms with Crippen LogP contribution in [0.3, 0.4) is 0 Å². The van der Waals surface area contributed by atoms with Crippen molar-refractivity contribution in [2.24, 2.45) is 0 Å². The van der Waals surface area contributed by atoms with Crippen molar-refractivity contribution in [2.45, 2.75) is 32.9 Å². The molecule has 1 aromatic heterocycles. The molecule has 0 aliphatic heterocycles. The van der Waals surface area contributed by atoms with Crippen LogP contribution in [0, 0.1) is 13.8 Å². The highest BCUT2D eigenvalue weighted by atomic mass is 19.3. The van der Waals surface area contributed by atoms with Crippen LogP contribution < -0.4 is 5.32 Å². The molecule has 0 radical (unpaired) electrons. The van der Waals surface area contributed by atoms with Crippen molar-refractivity contribution in [3.63, 3.8) is 0 Å². The molecule has 4 nitrogen and oxygen atoms in total. The molecule has 0 aromatic carbocycles. The minimum atomic E-state index is -2.73. The maximum Gasteiger partial charge on any atom is 0.265 e. The maximum absolute atomic E-state index is 11.9. The lowest BCUT2D eigenvalue weighted by Crippen LogP contribution is -2.31. The third-order valence-corrected chi connectivity index (χ3v) is 1.99. The van der Waals surface area contributed by atoms with E-state index in [1.165, 1.54) is 0 Å². The molecule has 2 N–H and O–H groups in total. The maximum atomic E-state index is 11.9. The van der Waals surface area contributed by atoms with E-state index in [0.717, 1.165) is 5.69 Å². The summed E-state index contributed by atoms with van der Waals surface area (Å²) in [5.74, 6) is 1.15. The van der Waals surface area contributed by atoms with E-state index in [1.807, 2.05) is 0 Å². The fraction of sp³-hybridized carbons (Fsp3) is 0.667. The van der Waals surface area contributed by atoms with Crippen molar-refractivity contribution < 1.29 is 18.3 Å². The van der Waals surface area contributed by atoms with E-state index < -0.39 is 12.5 Å². The molecule has 1 unspecified atom stereocenters. The summed E-state index contributed by atoms with van der Waals surface area (Å²) in [6.45, 7) is 3.63. The number of halogens is 2. The number of aromatic nitrogens is 1. The van der Waals surface area contributed by atoms with Crippen LogP contribution >= 0.6 is 0 Å². The second-order valence-electron chi connectivity index (χ2n) is 3.28. The SMILES string of the molecule is Cc1nc(CNCC(O)C(F)F)oc1C. The molecule has 1 aromatic rings. The third-order valence-electron chi connectivity index (χ3n) is 1.99. The van der Waals surface area contributed by atoms with E-state index in [1.54, 1.807) is 13.8 Å². The Morgan fingerprint density at radius 3 is 2.60 bits per heavy atom. The molecular formula is C9H14F2N2O2. The smallest absolute Gasteiger partial charge is 0.265 e. The van der Waals surface area contributed by atoms with Gasteiger partial charge in [-0.3, -0.25) is 0 Å². The summed E-state index contributed by atoms with van der Waals surface area (Å²) < 4.78 is 29.0. The lowest BCUT2D eigenvalue weighted by Gasteiger charge is -2.08. The van der Waals surface area contributed by atoms with E-state index in [4.69, 9.17) is 9.52 Å². The highest BCUT2D eigenvalue weighted by molar-refractivity contribution is 5.05. The zero-order valence-corrected chi connectivity index (χ0v) is 8.63. The average Bonchev–Trinajstić information content (AvgIpc) is 2.46. The molecule has 0 saturated heterocycles. The average molecular weight is 220 g/mol. The predicted molar refractivity (Wildman–Crippen MR) is 49.7 cm³/mol. The molecule has 15 heavy (non-hydrogen) atoms. The van der Waals surface area contributed by atoms with Gasteiger partial charge in [-0.2, -0.15) is 0 Å². The van der Waals surface area contributed by atoms with Crippen LogP contribution in [0.25, 0.3) is 0 Å². The Morgan fingerprint density at radius 1 is 1.47 bits per heavy atom. The number of nitrogens with zero attached hydrogens (tertiary/aromatic N) is 1. The summed E-state index contributed by atoms with van der Waals surface area (Å²) in [6.07, 6.45) is -4.38. The number of aryl methyl sites for hydroxylation is 2. The summed E-state index contributed by atoms with van der Waals surface area (Å²) >= 11 is 0. The second-order valence-corrected chi connectivity index (χ2v) is 3.28. The summed E-state index contributed by atoms with van der Waals surface area (Å²) in [5.41, 5.74) is 0.779. The van der Waals surface area contributed by atoms with E-state index in [9.17, 15) is 8.78 Å². The first-order valence-electron chi connectivity index (χ1n) is 4.60. The molecule has 0 saturated carbocycles. The number of rotatable bonds is 5. The zero-order valence-electron chi connectivity index (χ0n) is 8.63. The first kappa shape index (κ1) is 12.1. The number of hydrogen-bond acceptors (Lipinski definition) is 4. The van der Waals surface area contributed by atoms with Gasteiger partial charge in [-0.25, -0.2) is 13.8 Å². The van der Waals surface area contributed by atoms with Crippen molar-refractivity contribution in [3.05, 3.63) is 17.3 Å². The van der Waals surface area contributed by atoms with Gasteiger partial charge in [-0.15, -0.1) is 0 Å². The molecule has 0 aliphatic rings. The fourth-order valence-electron chi connectivity index (χ4n) is 1.03. The topological polar surface area (TPSA) is 58.3 Å². The molecule has 1 rings (SSSR count). The van der Waals surface area contributed by atoms with E-state index in [2.05, 4.69) is 10.3 Å². The third kappa shape index (κ3) is 3.56. The van der Waals surface area contributed by atoms with Gasteiger partial charge in [0.1, 0.15) is 11.9 Å². The van der Waals surface area contributed by atoms with E-state index in [-0.39, 0.29) is 13.1 Å². The van der Waals surface area contributed by atoms with Crippen LogP contribution in [-0.4, -0.2) is 29.2 Å². The molecule has 1 atom stereocenters. The molecule has 0 aliphatic carbocycles. The molecular weight excluding hydrogens is 206 g/mol. The van der Waals surface area contributed by atoms with Crippen molar-refractivity contribution >= 4 is 0 Å². The Kier molecular flexibility index (Phi) is 4.16. The Hall–Kier alpha value is -1.01. The highest BCUT2D eigenvalue weighted by Crippen LogP contribution is 2.07. The van der Waals surface area contributed by atoms with Crippen molar-refractivity contribution in [2.75, 3.05) is 6.54 Å². The molecule has 0 bridgehead atoms. The van der Waals surface area contributed by atoms with Gasteiger partial charge in [-0.1, -0.05) is 0 Å². The van der Waals surface area contributed by atoms with Gasteiger partial charge in [0, 0.05) is 6.54 Å². The van der Waals surface area contributed by atoms with Crippen LogP contribution in [0.5, 0.6) is 0 Å². The minimum Gasteiger partial charge on any atom is -0.444 e.